The second kappa shape index (κ2) is 19.5. The zero-order valence-electron chi connectivity index (χ0n) is 32.9. The van der Waals surface area contributed by atoms with E-state index in [1.807, 2.05) is 78.9 Å². The van der Waals surface area contributed by atoms with Crippen LogP contribution in [0.4, 0.5) is 0 Å². The Bertz CT molecular complexity index is 1900. The molecule has 3 aromatic carbocycles. The van der Waals surface area contributed by atoms with E-state index in [1.54, 1.807) is 21.1 Å². The molecule has 5 rings (SSSR count). The average molecular weight is 772 g/mol. The summed E-state index contributed by atoms with van der Waals surface area (Å²) in [7, 11) is 1.70. The first-order chi connectivity index (χ1) is 26.5. The van der Waals surface area contributed by atoms with Crippen LogP contribution in [0.15, 0.2) is 94.6 Å². The number of hydrogen-bond donors (Lipinski definition) is 1. The van der Waals surface area contributed by atoms with Crippen molar-refractivity contribution >= 4 is 8.53 Å². The normalized spacial score (nSPS) is 17.8. The smallest absolute Gasteiger partial charge is 0.330 e. The van der Waals surface area contributed by atoms with Crippen molar-refractivity contribution in [3.8, 4) is 23.8 Å². The molecule has 0 bridgehead atoms. The largest absolute Gasteiger partial charge is 0.497 e. The average Bonchev–Trinajstić information content (AvgIpc) is 3.58. The van der Waals surface area contributed by atoms with E-state index in [-0.39, 0.29) is 18.7 Å². The highest BCUT2D eigenvalue weighted by molar-refractivity contribution is 7.44. The lowest BCUT2D eigenvalue weighted by Crippen LogP contribution is -2.39. The molecular formula is C43H54N3O8P. The lowest BCUT2D eigenvalue weighted by atomic mass is 9.80. The van der Waals surface area contributed by atoms with Crippen molar-refractivity contribution < 1.29 is 28.0 Å². The minimum atomic E-state index is -1.58. The number of hydrogen-bond acceptors (Lipinski definition) is 9. The van der Waals surface area contributed by atoms with Crippen LogP contribution in [0.1, 0.15) is 81.9 Å². The highest BCUT2D eigenvalue weighted by Gasteiger charge is 2.45. The van der Waals surface area contributed by atoms with Crippen molar-refractivity contribution in [2.24, 2.45) is 0 Å². The van der Waals surface area contributed by atoms with Crippen LogP contribution >= 0.6 is 8.53 Å². The molecule has 2 heterocycles. The SMILES string of the molecule is C#CCCCCOP(O[C@H]1C[C@H](n2cc(C)c(=O)[nH]c2=O)O[C@@H]1COC(c1ccccc1)(c1ccc(OC)cc1)c1ccc(OC)cc1)N(C(C)C)C(C)C. The summed E-state index contributed by atoms with van der Waals surface area (Å²) in [6.45, 7) is 10.7. The van der Waals surface area contributed by atoms with Crippen molar-refractivity contribution in [3.05, 3.63) is 128 Å². The third-order valence-corrected chi connectivity index (χ3v) is 11.8. The maximum atomic E-state index is 13.2. The van der Waals surface area contributed by atoms with Gasteiger partial charge in [0.2, 0.25) is 0 Å². The Morgan fingerprint density at radius 3 is 2.04 bits per heavy atom. The third-order valence-electron chi connectivity index (χ3n) is 9.66. The van der Waals surface area contributed by atoms with Crippen LogP contribution in [-0.4, -0.2) is 65.9 Å². The fraction of sp³-hybridized carbons (Fsp3) is 0.442. The Balaban J connectivity index is 1.58. The van der Waals surface area contributed by atoms with Gasteiger partial charge in [-0.25, -0.2) is 9.46 Å². The molecule has 55 heavy (non-hydrogen) atoms. The molecule has 0 spiro atoms. The maximum absolute atomic E-state index is 13.2. The van der Waals surface area contributed by atoms with Crippen molar-refractivity contribution in [1.29, 1.82) is 0 Å². The molecule has 4 aromatic rings. The van der Waals surface area contributed by atoms with Gasteiger partial charge >= 0.3 is 5.69 Å². The molecule has 1 aromatic heterocycles. The standard InChI is InChI=1S/C43H54N3O8P/c1-9-10-11-15-26-52-55(46(30(2)3)31(4)5)54-38-27-40(45-28-32(6)41(47)44-42(45)48)53-39(38)29-51-43(33-16-13-12-14-17-33,34-18-22-36(49-7)23-19-34)35-20-24-37(50-8)25-21-35/h1,12-14,16-25,28,30-31,38-40H,10-11,15,26-27,29H2,2-8H3,(H,44,47,48)/t38-,39+,40+,55?/m0/s1. The van der Waals surface area contributed by atoms with Crippen LogP contribution in [0, 0.1) is 19.3 Å². The van der Waals surface area contributed by atoms with Gasteiger partial charge < -0.3 is 28.0 Å². The monoisotopic (exact) mass is 771 g/mol. The van der Waals surface area contributed by atoms with E-state index in [9.17, 15) is 9.59 Å². The lowest BCUT2D eigenvalue weighted by Gasteiger charge is -2.39. The minimum absolute atomic E-state index is 0.0694. The Morgan fingerprint density at radius 2 is 1.49 bits per heavy atom. The molecule has 0 radical (unpaired) electrons. The number of aromatic nitrogens is 2. The van der Waals surface area contributed by atoms with Crippen LogP contribution < -0.4 is 20.7 Å². The van der Waals surface area contributed by atoms with E-state index < -0.39 is 43.8 Å². The van der Waals surface area contributed by atoms with Crippen molar-refractivity contribution in [2.45, 2.75) is 96.4 Å². The van der Waals surface area contributed by atoms with Gasteiger partial charge in [0.25, 0.3) is 14.1 Å². The van der Waals surface area contributed by atoms with Crippen LogP contribution in [-0.2, 0) is 24.1 Å². The van der Waals surface area contributed by atoms with E-state index in [2.05, 4.69) is 43.3 Å². The van der Waals surface area contributed by atoms with Gasteiger partial charge in [-0.2, -0.15) is 0 Å². The number of aromatic amines is 1. The van der Waals surface area contributed by atoms with Crippen molar-refractivity contribution in [1.82, 2.24) is 14.2 Å². The van der Waals surface area contributed by atoms with Gasteiger partial charge in [0.15, 0.2) is 0 Å². The van der Waals surface area contributed by atoms with Gasteiger partial charge in [-0.15, -0.1) is 12.3 Å². The fourth-order valence-electron chi connectivity index (χ4n) is 6.93. The predicted octanol–water partition coefficient (Wildman–Crippen LogP) is 7.71. The van der Waals surface area contributed by atoms with E-state index in [4.69, 9.17) is 34.4 Å². The lowest BCUT2D eigenvalue weighted by molar-refractivity contribution is -0.0926. The summed E-state index contributed by atoms with van der Waals surface area (Å²) in [6.07, 6.45) is 7.73. The summed E-state index contributed by atoms with van der Waals surface area (Å²) in [5.74, 6) is 4.13. The summed E-state index contributed by atoms with van der Waals surface area (Å²) in [6, 6.07) is 25.9. The number of methoxy groups -OCH3 is 2. The number of benzene rings is 3. The zero-order chi connectivity index (χ0) is 39.5. The van der Waals surface area contributed by atoms with Crippen molar-refractivity contribution in [2.75, 3.05) is 27.4 Å². The number of nitrogens with zero attached hydrogens (tertiary/aromatic N) is 2. The Hall–Kier alpha value is -4.27. The molecule has 0 amide bonds. The molecule has 0 saturated carbocycles. The summed E-state index contributed by atoms with van der Waals surface area (Å²) < 4.78 is 42.3. The van der Waals surface area contributed by atoms with Crippen LogP contribution in [0.25, 0.3) is 0 Å². The molecule has 1 aliphatic heterocycles. The molecule has 1 N–H and O–H groups in total. The second-order valence-electron chi connectivity index (χ2n) is 14.1. The van der Waals surface area contributed by atoms with Gasteiger partial charge in [-0.05, 0) is 88.4 Å². The van der Waals surface area contributed by atoms with Crippen LogP contribution in [0.5, 0.6) is 11.5 Å². The van der Waals surface area contributed by atoms with Gasteiger partial charge in [0, 0.05) is 36.7 Å². The summed E-state index contributed by atoms with van der Waals surface area (Å²) >= 11 is 0. The molecular weight excluding hydrogens is 717 g/mol. The number of unbranched alkanes of at least 4 members (excludes halogenated alkanes) is 2. The predicted molar refractivity (Wildman–Crippen MR) is 215 cm³/mol. The molecule has 1 unspecified atom stereocenters. The van der Waals surface area contributed by atoms with Crippen LogP contribution in [0.3, 0.4) is 0 Å². The Kier molecular flexibility index (Phi) is 14.9. The number of ether oxygens (including phenoxy) is 4. The van der Waals surface area contributed by atoms with E-state index in [1.165, 1.54) is 10.8 Å². The van der Waals surface area contributed by atoms with Gasteiger partial charge in [-0.3, -0.25) is 14.3 Å². The molecule has 1 saturated heterocycles. The van der Waals surface area contributed by atoms with Crippen LogP contribution in [0.2, 0.25) is 0 Å². The molecule has 1 aliphatic rings. The maximum Gasteiger partial charge on any atom is 0.330 e. The van der Waals surface area contributed by atoms with E-state index in [0.29, 0.717) is 36.5 Å². The molecule has 1 fully saturated rings. The summed E-state index contributed by atoms with van der Waals surface area (Å²) in [5.41, 5.74) is 0.912. The molecule has 11 nitrogen and oxygen atoms in total. The quantitative estimate of drug-likeness (QED) is 0.0444. The minimum Gasteiger partial charge on any atom is -0.497 e. The Morgan fingerprint density at radius 1 is 0.909 bits per heavy atom. The summed E-state index contributed by atoms with van der Waals surface area (Å²) in [5, 5.41) is 0. The van der Waals surface area contributed by atoms with E-state index in [0.717, 1.165) is 29.5 Å². The molecule has 12 heteroatoms. The van der Waals surface area contributed by atoms with Crippen molar-refractivity contribution in [3.63, 3.8) is 0 Å². The zero-order valence-corrected chi connectivity index (χ0v) is 33.8. The first-order valence-electron chi connectivity index (χ1n) is 18.8. The third kappa shape index (κ3) is 9.95. The number of nitrogens with one attached hydrogen (secondary N) is 1. The number of terminal acetylenes is 1. The summed E-state index contributed by atoms with van der Waals surface area (Å²) in [4.78, 5) is 28.0. The van der Waals surface area contributed by atoms with Gasteiger partial charge in [-0.1, -0.05) is 54.6 Å². The number of aryl methyl sites for hydroxylation is 1. The number of rotatable bonds is 19. The first-order valence-corrected chi connectivity index (χ1v) is 19.9. The fourth-order valence-corrected chi connectivity index (χ4v) is 8.72. The highest BCUT2D eigenvalue weighted by atomic mass is 31.2. The highest BCUT2D eigenvalue weighted by Crippen LogP contribution is 2.50. The molecule has 4 atom stereocenters. The molecule has 0 aliphatic carbocycles. The number of H-pyrrole nitrogens is 1. The second-order valence-corrected chi connectivity index (χ2v) is 15.5. The topological polar surface area (TPSA) is 113 Å². The first kappa shape index (κ1) is 41.9. The van der Waals surface area contributed by atoms with Gasteiger partial charge in [0.1, 0.15) is 29.4 Å². The van der Waals surface area contributed by atoms with Gasteiger partial charge in [0.05, 0.1) is 33.5 Å². The molecule has 294 valence electrons. The Labute approximate surface area is 325 Å². The van der Waals surface area contributed by atoms with E-state index >= 15 is 0 Å².